The maximum Gasteiger partial charge on any atom is 0.338 e. The maximum atomic E-state index is 11.8. The standard InChI is InChI=1S/C14H20O3/c1-11-6-4-5-7-12(11)13(16)17-9-8-14(2,3)10-15/h4-7,15H,8-10H2,1-3H3. The van der Waals surface area contributed by atoms with Gasteiger partial charge in [-0.1, -0.05) is 32.0 Å². The SMILES string of the molecule is Cc1ccccc1C(=O)OCCC(C)(C)CO. The molecule has 0 atom stereocenters. The van der Waals surface area contributed by atoms with E-state index in [0.717, 1.165) is 5.56 Å². The van der Waals surface area contributed by atoms with Gasteiger partial charge in [-0.05, 0) is 30.4 Å². The Kier molecular flexibility index (Phi) is 4.70. The van der Waals surface area contributed by atoms with Crippen molar-refractivity contribution in [2.45, 2.75) is 27.2 Å². The molecular formula is C14H20O3. The third kappa shape index (κ3) is 4.19. The van der Waals surface area contributed by atoms with Crippen molar-refractivity contribution in [1.29, 1.82) is 0 Å². The Labute approximate surface area is 102 Å². The molecule has 94 valence electrons. The van der Waals surface area contributed by atoms with Gasteiger partial charge in [0.2, 0.25) is 0 Å². The van der Waals surface area contributed by atoms with Gasteiger partial charge in [0.25, 0.3) is 0 Å². The molecule has 0 aliphatic carbocycles. The van der Waals surface area contributed by atoms with Gasteiger partial charge in [-0.25, -0.2) is 4.79 Å². The predicted octanol–water partition coefficient (Wildman–Crippen LogP) is 2.56. The molecule has 0 heterocycles. The van der Waals surface area contributed by atoms with E-state index in [1.807, 2.05) is 39.0 Å². The fourth-order valence-electron chi connectivity index (χ4n) is 1.38. The fourth-order valence-corrected chi connectivity index (χ4v) is 1.38. The van der Waals surface area contributed by atoms with Crippen LogP contribution in [0.3, 0.4) is 0 Å². The van der Waals surface area contributed by atoms with Crippen molar-refractivity contribution in [2.24, 2.45) is 5.41 Å². The summed E-state index contributed by atoms with van der Waals surface area (Å²) < 4.78 is 5.20. The number of aliphatic hydroxyl groups is 1. The predicted molar refractivity (Wildman–Crippen MR) is 66.9 cm³/mol. The Morgan fingerprint density at radius 3 is 2.59 bits per heavy atom. The van der Waals surface area contributed by atoms with E-state index in [1.165, 1.54) is 0 Å². The zero-order chi connectivity index (χ0) is 12.9. The lowest BCUT2D eigenvalue weighted by Gasteiger charge is -2.20. The smallest absolute Gasteiger partial charge is 0.338 e. The minimum Gasteiger partial charge on any atom is -0.462 e. The second-order valence-corrected chi connectivity index (χ2v) is 5.02. The van der Waals surface area contributed by atoms with Crippen LogP contribution in [0, 0.1) is 12.3 Å². The van der Waals surface area contributed by atoms with Crippen molar-refractivity contribution >= 4 is 5.97 Å². The zero-order valence-electron chi connectivity index (χ0n) is 10.7. The second kappa shape index (κ2) is 5.82. The molecule has 0 aliphatic heterocycles. The number of aliphatic hydroxyl groups excluding tert-OH is 1. The first-order valence-electron chi connectivity index (χ1n) is 5.80. The van der Waals surface area contributed by atoms with E-state index in [2.05, 4.69) is 0 Å². The lowest BCUT2D eigenvalue weighted by Crippen LogP contribution is -2.20. The van der Waals surface area contributed by atoms with Gasteiger partial charge in [-0.2, -0.15) is 0 Å². The molecule has 1 N–H and O–H groups in total. The number of ether oxygens (including phenoxy) is 1. The molecule has 0 aromatic heterocycles. The maximum absolute atomic E-state index is 11.8. The van der Waals surface area contributed by atoms with Gasteiger partial charge in [-0.15, -0.1) is 0 Å². The molecule has 1 rings (SSSR count). The molecule has 0 saturated heterocycles. The highest BCUT2D eigenvalue weighted by Crippen LogP contribution is 2.19. The lowest BCUT2D eigenvalue weighted by atomic mass is 9.91. The summed E-state index contributed by atoms with van der Waals surface area (Å²) in [6.07, 6.45) is 0.654. The first-order chi connectivity index (χ1) is 7.96. The van der Waals surface area contributed by atoms with Crippen molar-refractivity contribution in [2.75, 3.05) is 13.2 Å². The summed E-state index contributed by atoms with van der Waals surface area (Å²) in [5.74, 6) is -0.295. The summed E-state index contributed by atoms with van der Waals surface area (Å²) >= 11 is 0. The summed E-state index contributed by atoms with van der Waals surface area (Å²) in [6.45, 7) is 6.19. The minimum absolute atomic E-state index is 0.0922. The number of carbonyl (C=O) groups excluding carboxylic acids is 1. The van der Waals surface area contributed by atoms with Crippen LogP contribution in [0.1, 0.15) is 36.2 Å². The topological polar surface area (TPSA) is 46.5 Å². The quantitative estimate of drug-likeness (QED) is 0.799. The minimum atomic E-state index is -0.295. The molecule has 1 aromatic rings. The number of rotatable bonds is 5. The Morgan fingerprint density at radius 1 is 1.35 bits per heavy atom. The molecule has 1 aromatic carbocycles. The molecule has 0 amide bonds. The summed E-state index contributed by atoms with van der Waals surface area (Å²) in [6, 6.07) is 7.35. The van der Waals surface area contributed by atoms with E-state index in [9.17, 15) is 4.79 Å². The van der Waals surface area contributed by atoms with E-state index in [-0.39, 0.29) is 18.0 Å². The van der Waals surface area contributed by atoms with Gasteiger partial charge in [0.05, 0.1) is 12.2 Å². The first-order valence-corrected chi connectivity index (χ1v) is 5.80. The normalized spacial score (nSPS) is 11.3. The van der Waals surface area contributed by atoms with E-state index in [1.54, 1.807) is 6.07 Å². The Balaban J connectivity index is 2.49. The number of esters is 1. The molecule has 0 radical (unpaired) electrons. The van der Waals surface area contributed by atoms with Gasteiger partial charge >= 0.3 is 5.97 Å². The van der Waals surface area contributed by atoms with Gasteiger partial charge in [0, 0.05) is 6.61 Å². The highest BCUT2D eigenvalue weighted by atomic mass is 16.5. The van der Waals surface area contributed by atoms with E-state index < -0.39 is 0 Å². The molecule has 3 heteroatoms. The average Bonchev–Trinajstić information content (AvgIpc) is 2.29. The zero-order valence-corrected chi connectivity index (χ0v) is 10.7. The average molecular weight is 236 g/mol. The molecule has 17 heavy (non-hydrogen) atoms. The molecule has 0 unspecified atom stereocenters. The summed E-state index contributed by atoms with van der Waals surface area (Å²) in [5.41, 5.74) is 1.32. The highest BCUT2D eigenvalue weighted by molar-refractivity contribution is 5.90. The van der Waals surface area contributed by atoms with Gasteiger partial charge < -0.3 is 9.84 Å². The molecule has 3 nitrogen and oxygen atoms in total. The monoisotopic (exact) mass is 236 g/mol. The van der Waals surface area contributed by atoms with E-state index in [0.29, 0.717) is 18.6 Å². The van der Waals surface area contributed by atoms with Crippen molar-refractivity contribution < 1.29 is 14.6 Å². The third-order valence-corrected chi connectivity index (χ3v) is 2.81. The van der Waals surface area contributed by atoms with Crippen molar-refractivity contribution in [3.8, 4) is 0 Å². The van der Waals surface area contributed by atoms with E-state index in [4.69, 9.17) is 9.84 Å². The van der Waals surface area contributed by atoms with Crippen molar-refractivity contribution in [3.05, 3.63) is 35.4 Å². The molecule has 0 spiro atoms. The molecule has 0 saturated carbocycles. The third-order valence-electron chi connectivity index (χ3n) is 2.81. The van der Waals surface area contributed by atoms with Crippen molar-refractivity contribution in [1.82, 2.24) is 0 Å². The van der Waals surface area contributed by atoms with Crippen LogP contribution in [-0.4, -0.2) is 24.3 Å². The largest absolute Gasteiger partial charge is 0.462 e. The van der Waals surface area contributed by atoms with Crippen LogP contribution in [0.25, 0.3) is 0 Å². The van der Waals surface area contributed by atoms with Crippen LogP contribution >= 0.6 is 0 Å². The number of benzene rings is 1. The van der Waals surface area contributed by atoms with Crippen molar-refractivity contribution in [3.63, 3.8) is 0 Å². The highest BCUT2D eigenvalue weighted by Gasteiger charge is 2.17. The number of hydrogen-bond donors (Lipinski definition) is 1. The molecule has 0 bridgehead atoms. The summed E-state index contributed by atoms with van der Waals surface area (Å²) in [5, 5.41) is 9.08. The Bertz CT molecular complexity index is 383. The fraction of sp³-hybridized carbons (Fsp3) is 0.500. The molecule has 0 aliphatic rings. The number of aryl methyl sites for hydroxylation is 1. The van der Waals surface area contributed by atoms with Crippen LogP contribution < -0.4 is 0 Å². The lowest BCUT2D eigenvalue weighted by molar-refractivity contribution is 0.0414. The van der Waals surface area contributed by atoms with Gasteiger partial charge in [-0.3, -0.25) is 0 Å². The van der Waals surface area contributed by atoms with E-state index >= 15 is 0 Å². The Morgan fingerprint density at radius 2 is 2.00 bits per heavy atom. The number of carbonyl (C=O) groups is 1. The van der Waals surface area contributed by atoms with Gasteiger partial charge in [0.1, 0.15) is 0 Å². The summed E-state index contributed by atoms with van der Waals surface area (Å²) in [4.78, 5) is 11.8. The number of hydrogen-bond acceptors (Lipinski definition) is 3. The van der Waals surface area contributed by atoms with Crippen LogP contribution in [0.5, 0.6) is 0 Å². The second-order valence-electron chi connectivity index (χ2n) is 5.02. The van der Waals surface area contributed by atoms with Crippen LogP contribution in [0.2, 0.25) is 0 Å². The van der Waals surface area contributed by atoms with Crippen LogP contribution in [-0.2, 0) is 4.74 Å². The summed E-state index contributed by atoms with van der Waals surface area (Å²) in [7, 11) is 0. The van der Waals surface area contributed by atoms with Gasteiger partial charge in [0.15, 0.2) is 0 Å². The first kappa shape index (κ1) is 13.7. The Hall–Kier alpha value is -1.35. The molecular weight excluding hydrogens is 216 g/mol. The van der Waals surface area contributed by atoms with Crippen LogP contribution in [0.4, 0.5) is 0 Å². The van der Waals surface area contributed by atoms with Crippen LogP contribution in [0.15, 0.2) is 24.3 Å². The molecule has 0 fully saturated rings.